The van der Waals surface area contributed by atoms with Crippen molar-refractivity contribution in [3.8, 4) is 5.75 Å². The number of para-hydroxylation sites is 1. The van der Waals surface area contributed by atoms with Crippen molar-refractivity contribution in [2.75, 3.05) is 11.8 Å². The van der Waals surface area contributed by atoms with E-state index in [0.29, 0.717) is 21.8 Å². The Kier molecular flexibility index (Phi) is 6.18. The number of aryl methyl sites for hydroxylation is 1. The van der Waals surface area contributed by atoms with E-state index in [2.05, 4.69) is 25.6 Å². The average Bonchev–Trinajstić information content (AvgIpc) is 3.10. The van der Waals surface area contributed by atoms with Crippen molar-refractivity contribution in [2.24, 2.45) is 12.0 Å². The van der Waals surface area contributed by atoms with Gasteiger partial charge in [-0.3, -0.25) is 9.52 Å². The van der Waals surface area contributed by atoms with Crippen LogP contribution in [0.4, 0.5) is 5.69 Å². The highest BCUT2D eigenvalue weighted by Gasteiger charge is 2.15. The Morgan fingerprint density at radius 3 is 2.38 bits per heavy atom. The lowest BCUT2D eigenvalue weighted by Crippen LogP contribution is -2.14. The second-order valence-electron chi connectivity index (χ2n) is 6.81. The van der Waals surface area contributed by atoms with Crippen LogP contribution in [0.1, 0.15) is 10.4 Å². The van der Waals surface area contributed by atoms with E-state index >= 15 is 0 Å². The van der Waals surface area contributed by atoms with Crippen LogP contribution in [0.3, 0.4) is 0 Å². The topological polar surface area (TPSA) is 89.8 Å². The van der Waals surface area contributed by atoms with Gasteiger partial charge in [-0.15, -0.1) is 0 Å². The fourth-order valence-corrected chi connectivity index (χ4v) is 5.93. The van der Waals surface area contributed by atoms with Gasteiger partial charge in [0.25, 0.3) is 15.9 Å². The quantitative estimate of drug-likeness (QED) is 0.409. The summed E-state index contributed by atoms with van der Waals surface area (Å²) >= 11 is 4.94. The number of rotatable bonds is 5. The summed E-state index contributed by atoms with van der Waals surface area (Å²) in [6.45, 7) is 0. The highest BCUT2D eigenvalue weighted by Crippen LogP contribution is 2.25. The maximum absolute atomic E-state index is 12.7. The molecule has 1 aromatic heterocycles. The number of amides is 1. The molecule has 0 bridgehead atoms. The SMILES string of the molecule is COc1ccc(S(=O)(=O)Nc2ccc(C(=O)N=c3sc4cccc(Br)c4n3C)cc2)cc1. The standard InChI is InChI=1S/C22H18BrN3O4S2/c1-26-20-18(23)4-3-5-19(20)31-22(26)24-21(27)14-6-8-15(9-7-14)25-32(28,29)17-12-10-16(30-2)11-13-17/h3-13,25H,1-2H3. The maximum atomic E-state index is 12.7. The van der Waals surface area contributed by atoms with Crippen molar-refractivity contribution < 1.29 is 17.9 Å². The minimum atomic E-state index is -3.76. The molecule has 3 aromatic carbocycles. The summed E-state index contributed by atoms with van der Waals surface area (Å²) in [5.74, 6) is 0.155. The van der Waals surface area contributed by atoms with Crippen molar-refractivity contribution in [3.63, 3.8) is 0 Å². The zero-order valence-corrected chi connectivity index (χ0v) is 20.3. The fraction of sp³-hybridized carbons (Fsp3) is 0.0909. The van der Waals surface area contributed by atoms with E-state index < -0.39 is 15.9 Å². The van der Waals surface area contributed by atoms with Crippen molar-refractivity contribution in [3.05, 3.63) is 81.6 Å². The number of aromatic nitrogens is 1. The van der Waals surface area contributed by atoms with Crippen molar-refractivity contribution in [1.29, 1.82) is 0 Å². The number of fused-ring (bicyclic) bond motifs is 1. The van der Waals surface area contributed by atoms with Crippen molar-refractivity contribution in [1.82, 2.24) is 4.57 Å². The summed E-state index contributed by atoms with van der Waals surface area (Å²) in [6, 6.07) is 18.1. The summed E-state index contributed by atoms with van der Waals surface area (Å²) in [4.78, 5) is 17.6. The van der Waals surface area contributed by atoms with E-state index in [4.69, 9.17) is 4.74 Å². The van der Waals surface area contributed by atoms with Gasteiger partial charge in [-0.05, 0) is 76.6 Å². The highest BCUT2D eigenvalue weighted by molar-refractivity contribution is 9.10. The second kappa shape index (κ2) is 8.89. The van der Waals surface area contributed by atoms with Crippen LogP contribution < -0.4 is 14.3 Å². The second-order valence-corrected chi connectivity index (χ2v) is 10.4. The van der Waals surface area contributed by atoms with E-state index in [0.717, 1.165) is 14.7 Å². The van der Waals surface area contributed by atoms with E-state index in [-0.39, 0.29) is 4.90 Å². The lowest BCUT2D eigenvalue weighted by Gasteiger charge is -2.09. The zero-order valence-electron chi connectivity index (χ0n) is 17.1. The number of methoxy groups -OCH3 is 1. The van der Waals surface area contributed by atoms with Crippen LogP contribution in [-0.4, -0.2) is 26.0 Å². The lowest BCUT2D eigenvalue weighted by atomic mass is 10.2. The molecule has 0 atom stereocenters. The Hall–Kier alpha value is -2.95. The number of anilines is 1. The monoisotopic (exact) mass is 531 g/mol. The fourth-order valence-electron chi connectivity index (χ4n) is 3.06. The van der Waals surface area contributed by atoms with Crippen LogP contribution in [0.5, 0.6) is 5.75 Å². The number of sulfonamides is 1. The molecule has 0 saturated heterocycles. The minimum Gasteiger partial charge on any atom is -0.497 e. The van der Waals surface area contributed by atoms with E-state index in [9.17, 15) is 13.2 Å². The summed E-state index contributed by atoms with van der Waals surface area (Å²) in [5.41, 5.74) is 1.66. The highest BCUT2D eigenvalue weighted by atomic mass is 79.9. The first-order valence-corrected chi connectivity index (χ1v) is 12.5. The Bertz CT molecular complexity index is 1470. The van der Waals surface area contributed by atoms with Gasteiger partial charge in [0, 0.05) is 22.8 Å². The van der Waals surface area contributed by atoms with E-state index in [1.54, 1.807) is 24.3 Å². The van der Waals surface area contributed by atoms with Gasteiger partial charge in [-0.25, -0.2) is 8.42 Å². The molecule has 0 radical (unpaired) electrons. The number of carbonyl (C=O) groups is 1. The number of nitrogens with zero attached hydrogens (tertiary/aromatic N) is 2. The predicted octanol–water partition coefficient (Wildman–Crippen LogP) is 4.55. The number of nitrogens with one attached hydrogen (secondary N) is 1. The number of halogens is 1. The number of hydrogen-bond donors (Lipinski definition) is 1. The summed E-state index contributed by atoms with van der Waals surface area (Å²) in [5, 5.41) is 0. The van der Waals surface area contributed by atoms with Gasteiger partial charge >= 0.3 is 0 Å². The van der Waals surface area contributed by atoms with Gasteiger partial charge in [0.15, 0.2) is 4.80 Å². The normalized spacial score (nSPS) is 12.2. The van der Waals surface area contributed by atoms with Crippen LogP contribution in [0.15, 0.2) is 81.1 Å². The van der Waals surface area contributed by atoms with Gasteiger partial charge in [0.1, 0.15) is 5.75 Å². The summed E-state index contributed by atoms with van der Waals surface area (Å²) in [7, 11) is -0.400. The number of benzene rings is 3. The molecule has 1 amide bonds. The van der Waals surface area contributed by atoms with E-state index in [1.807, 2.05) is 29.8 Å². The number of ether oxygens (including phenoxy) is 1. The molecule has 164 valence electrons. The van der Waals surface area contributed by atoms with E-state index in [1.165, 1.54) is 42.7 Å². The molecular weight excluding hydrogens is 514 g/mol. The molecule has 0 spiro atoms. The first-order valence-electron chi connectivity index (χ1n) is 9.38. The Morgan fingerprint density at radius 1 is 1.06 bits per heavy atom. The molecule has 7 nitrogen and oxygen atoms in total. The first-order chi connectivity index (χ1) is 15.3. The van der Waals surface area contributed by atoms with Gasteiger partial charge in [0.05, 0.1) is 22.2 Å². The number of thiazole rings is 1. The van der Waals surface area contributed by atoms with Crippen LogP contribution in [0.2, 0.25) is 0 Å². The largest absolute Gasteiger partial charge is 0.497 e. The summed E-state index contributed by atoms with van der Waals surface area (Å²) < 4.78 is 36.5. The van der Waals surface area contributed by atoms with Gasteiger partial charge < -0.3 is 9.30 Å². The molecule has 0 saturated carbocycles. The number of carbonyl (C=O) groups excluding carboxylic acids is 1. The minimum absolute atomic E-state index is 0.108. The smallest absolute Gasteiger partial charge is 0.279 e. The molecular formula is C22H18BrN3O4S2. The molecule has 0 unspecified atom stereocenters. The van der Waals surface area contributed by atoms with Gasteiger partial charge in [-0.2, -0.15) is 4.99 Å². The lowest BCUT2D eigenvalue weighted by molar-refractivity contribution is 0.0998. The van der Waals surface area contributed by atoms with Crippen molar-refractivity contribution >= 4 is 59.1 Å². The molecule has 0 aliphatic carbocycles. The van der Waals surface area contributed by atoms with Gasteiger partial charge in [0.2, 0.25) is 0 Å². The summed E-state index contributed by atoms with van der Waals surface area (Å²) in [6.07, 6.45) is 0. The molecule has 1 heterocycles. The average molecular weight is 532 g/mol. The molecule has 10 heteroatoms. The van der Waals surface area contributed by atoms with Gasteiger partial charge in [-0.1, -0.05) is 17.4 Å². The van der Waals surface area contributed by atoms with Crippen molar-refractivity contribution in [2.45, 2.75) is 4.90 Å². The van der Waals surface area contributed by atoms with Crippen LogP contribution in [-0.2, 0) is 17.1 Å². The Balaban J connectivity index is 1.56. The third-order valence-corrected chi connectivity index (χ3v) is 7.86. The number of hydrogen-bond acceptors (Lipinski definition) is 5. The Labute approximate surface area is 197 Å². The maximum Gasteiger partial charge on any atom is 0.279 e. The third kappa shape index (κ3) is 4.47. The third-order valence-electron chi connectivity index (χ3n) is 4.72. The first kappa shape index (κ1) is 22.3. The van der Waals surface area contributed by atoms with Crippen LogP contribution in [0, 0.1) is 0 Å². The molecule has 1 N–H and O–H groups in total. The zero-order chi connectivity index (χ0) is 22.9. The van der Waals surface area contributed by atoms with Crippen LogP contribution in [0.25, 0.3) is 10.2 Å². The molecule has 4 aromatic rings. The molecule has 0 aliphatic heterocycles. The molecule has 32 heavy (non-hydrogen) atoms. The van der Waals surface area contributed by atoms with Crippen LogP contribution >= 0.6 is 27.3 Å². The molecule has 0 aliphatic rings. The molecule has 0 fully saturated rings. The predicted molar refractivity (Wildman–Crippen MR) is 129 cm³/mol. The molecule has 4 rings (SSSR count). The Morgan fingerprint density at radius 2 is 1.75 bits per heavy atom.